The summed E-state index contributed by atoms with van der Waals surface area (Å²) in [6.07, 6.45) is 12.4. The summed E-state index contributed by atoms with van der Waals surface area (Å²) < 4.78 is 53.1. The maximum absolute atomic E-state index is 14.0. The van der Waals surface area contributed by atoms with Gasteiger partial charge in [0.05, 0.1) is 149 Å². The molecule has 3 aliphatic heterocycles. The van der Waals surface area contributed by atoms with Gasteiger partial charge in [-0.05, 0) is 36.4 Å². The van der Waals surface area contributed by atoms with E-state index in [-0.39, 0.29) is 24.7 Å². The molecule has 103 heavy (non-hydrogen) atoms. The van der Waals surface area contributed by atoms with E-state index in [0.29, 0.717) is 178 Å². The van der Waals surface area contributed by atoms with Crippen molar-refractivity contribution in [2.24, 2.45) is 14.1 Å². The molecule has 0 saturated carbocycles. The first-order chi connectivity index (χ1) is 50.2. The number of aryl methyl sites for hydroxylation is 2. The number of aromatic nitrogens is 23. The van der Waals surface area contributed by atoms with Crippen molar-refractivity contribution in [2.75, 3.05) is 110 Å². The summed E-state index contributed by atoms with van der Waals surface area (Å²) in [5.74, 6) is 3.94. The topological polar surface area (TPSA) is 359 Å². The molecule has 15 aromatic rings. The number of aromatic amines is 3. The number of fused-ring (bicyclic) bond motifs is 6. The van der Waals surface area contributed by atoms with Gasteiger partial charge in [-0.1, -0.05) is 46.4 Å². The molecule has 40 heteroatoms. The van der Waals surface area contributed by atoms with Gasteiger partial charge in [0, 0.05) is 64.6 Å². The Morgan fingerprint density at radius 2 is 1.00 bits per heavy atom. The van der Waals surface area contributed by atoms with Gasteiger partial charge in [0.15, 0.2) is 68.4 Å². The molecule has 0 bridgehead atoms. The Labute approximate surface area is 604 Å². The summed E-state index contributed by atoms with van der Waals surface area (Å²) >= 11 is 26.0. The lowest BCUT2D eigenvalue weighted by Crippen LogP contribution is -2.48. The van der Waals surface area contributed by atoms with Gasteiger partial charge in [0.2, 0.25) is 17.8 Å². The fraction of sp³-hybridized carbons (Fsp3) is 0.286. The molecule has 3 aromatic carbocycles. The number of benzene rings is 3. The molecule has 528 valence electrons. The second-order valence-electron chi connectivity index (χ2n) is 23.8. The van der Waals surface area contributed by atoms with Crippen LogP contribution in [0.3, 0.4) is 0 Å². The average Bonchev–Trinajstić information content (AvgIpc) is 1.67. The lowest BCUT2D eigenvalue weighted by atomic mass is 10.2. The number of halogens is 6. The summed E-state index contributed by atoms with van der Waals surface area (Å²) in [4.78, 5) is 75.8. The van der Waals surface area contributed by atoms with Crippen molar-refractivity contribution in [2.45, 2.75) is 25.7 Å². The first-order valence-corrected chi connectivity index (χ1v) is 34.6. The van der Waals surface area contributed by atoms with Crippen molar-refractivity contribution < 1.29 is 28.1 Å². The number of aliphatic hydroxyl groups excluding tert-OH is 1. The predicted octanol–water partition coefficient (Wildman–Crippen LogP) is 8.60. The molecule has 3 fully saturated rings. The van der Waals surface area contributed by atoms with Crippen LogP contribution in [0.25, 0.3) is 83.8 Å². The van der Waals surface area contributed by atoms with Crippen molar-refractivity contribution >= 4 is 160 Å². The molecular weight excluding hydrogens is 1440 g/mol. The summed E-state index contributed by atoms with van der Waals surface area (Å²) in [5.41, 5.74) is 10.6. The SMILES string of the molecule is Cn1cc(-n2cnc3c(NCc4nc5cc(Cl)c(Cl)cc5[nH]4)nc(N4CCOCC4)nc32)cn1.Cn1cc(-n2cnc3c(NCc4nc5cc(Cl)c(Cl)cc5[nH]4)nc(N4CCOC[C@@H]4CO)nc32)cn1.Fc1ccc2[nH]c(CNc3nc(N4CCOCC4)nc4c3ncn4-c3cscn3)nc2c1F. The van der Waals surface area contributed by atoms with Crippen LogP contribution in [0.2, 0.25) is 20.1 Å². The Bertz CT molecular complexity index is 5510. The van der Waals surface area contributed by atoms with Crippen molar-refractivity contribution in [1.82, 2.24) is 113 Å². The number of hydrogen-bond acceptors (Lipinski definition) is 26. The van der Waals surface area contributed by atoms with Crippen molar-refractivity contribution in [1.29, 1.82) is 0 Å². The molecule has 3 aliphatic rings. The van der Waals surface area contributed by atoms with E-state index in [4.69, 9.17) is 90.5 Å². The number of nitrogens with one attached hydrogen (secondary N) is 6. The highest BCUT2D eigenvalue weighted by atomic mass is 35.5. The van der Waals surface area contributed by atoms with Crippen LogP contribution in [0, 0.1) is 11.6 Å². The Balaban J connectivity index is 0.000000119. The zero-order valence-electron chi connectivity index (χ0n) is 54.5. The zero-order chi connectivity index (χ0) is 70.4. The predicted molar refractivity (Wildman–Crippen MR) is 385 cm³/mol. The smallest absolute Gasteiger partial charge is 0.229 e. The van der Waals surface area contributed by atoms with E-state index in [1.54, 1.807) is 70.5 Å². The quantitative estimate of drug-likeness (QED) is 0.0476. The molecule has 3 saturated heterocycles. The molecule has 0 radical (unpaired) electrons. The van der Waals surface area contributed by atoms with Gasteiger partial charge in [-0.25, -0.2) is 43.7 Å². The monoisotopic (exact) mass is 1500 g/mol. The minimum atomic E-state index is -0.976. The molecule has 0 unspecified atom stereocenters. The highest BCUT2D eigenvalue weighted by Gasteiger charge is 2.29. The summed E-state index contributed by atoms with van der Waals surface area (Å²) in [5, 5.41) is 32.2. The number of imidazole rings is 6. The normalized spacial score (nSPS) is 15.1. The lowest BCUT2D eigenvalue weighted by molar-refractivity contribution is 0.0718. The molecule has 12 aromatic heterocycles. The third kappa shape index (κ3) is 13.8. The highest BCUT2D eigenvalue weighted by Crippen LogP contribution is 2.33. The Morgan fingerprint density at radius 1 is 0.534 bits per heavy atom. The lowest BCUT2D eigenvalue weighted by Gasteiger charge is -2.34. The largest absolute Gasteiger partial charge is 0.394 e. The number of rotatable bonds is 16. The van der Waals surface area contributed by atoms with Crippen LogP contribution in [-0.2, 0) is 47.9 Å². The maximum Gasteiger partial charge on any atom is 0.229 e. The molecule has 33 nitrogen and oxygen atoms in total. The van der Waals surface area contributed by atoms with Crippen LogP contribution < -0.4 is 30.7 Å². The first-order valence-electron chi connectivity index (χ1n) is 32.2. The van der Waals surface area contributed by atoms with Crippen molar-refractivity contribution in [3.05, 3.63) is 140 Å². The van der Waals surface area contributed by atoms with Crippen LogP contribution in [0.1, 0.15) is 17.5 Å². The van der Waals surface area contributed by atoms with Crippen LogP contribution in [0.15, 0.2) is 91.1 Å². The Hall–Kier alpha value is -10.6. The molecular formula is C63H59Cl4F2N29O4S. The van der Waals surface area contributed by atoms with E-state index in [9.17, 15) is 13.9 Å². The van der Waals surface area contributed by atoms with E-state index in [2.05, 4.69) is 80.9 Å². The third-order valence-electron chi connectivity index (χ3n) is 17.1. The maximum atomic E-state index is 14.0. The molecule has 0 aliphatic carbocycles. The second-order valence-corrected chi connectivity index (χ2v) is 26.2. The molecule has 18 rings (SSSR count). The fourth-order valence-electron chi connectivity index (χ4n) is 11.9. The minimum absolute atomic E-state index is 0.0403. The molecule has 0 spiro atoms. The number of anilines is 6. The van der Waals surface area contributed by atoms with E-state index >= 15 is 0 Å². The number of ether oxygens (including phenoxy) is 3. The van der Waals surface area contributed by atoms with Crippen LogP contribution in [0.5, 0.6) is 0 Å². The number of hydrogen-bond donors (Lipinski definition) is 7. The number of aliphatic hydroxyl groups is 1. The van der Waals surface area contributed by atoms with Crippen molar-refractivity contribution in [3.63, 3.8) is 0 Å². The summed E-state index contributed by atoms with van der Waals surface area (Å²) in [7, 11) is 3.72. The van der Waals surface area contributed by atoms with Crippen LogP contribution >= 0.6 is 57.7 Å². The van der Waals surface area contributed by atoms with Gasteiger partial charge < -0.3 is 64.9 Å². The molecule has 0 amide bonds. The summed E-state index contributed by atoms with van der Waals surface area (Å²) in [6, 6.07) is 9.27. The number of nitrogens with zero attached hydrogens (tertiary/aromatic N) is 23. The van der Waals surface area contributed by atoms with E-state index in [0.717, 1.165) is 64.2 Å². The van der Waals surface area contributed by atoms with E-state index in [1.807, 2.05) is 55.4 Å². The van der Waals surface area contributed by atoms with Gasteiger partial charge in [-0.2, -0.15) is 40.1 Å². The number of morpholine rings is 3. The minimum Gasteiger partial charge on any atom is -0.394 e. The highest BCUT2D eigenvalue weighted by molar-refractivity contribution is 7.07. The van der Waals surface area contributed by atoms with Gasteiger partial charge >= 0.3 is 0 Å². The summed E-state index contributed by atoms with van der Waals surface area (Å²) in [6.45, 7) is 7.59. The van der Waals surface area contributed by atoms with Crippen molar-refractivity contribution in [3.8, 4) is 17.2 Å². The number of thiazole rings is 1. The molecule has 7 N–H and O–H groups in total. The Kier molecular flexibility index (Phi) is 18.6. The second kappa shape index (κ2) is 28.7. The van der Waals surface area contributed by atoms with Gasteiger partial charge in [-0.15, -0.1) is 11.3 Å². The third-order valence-corrected chi connectivity index (χ3v) is 19.1. The van der Waals surface area contributed by atoms with Gasteiger partial charge in [0.1, 0.15) is 42.0 Å². The van der Waals surface area contributed by atoms with E-state index in [1.165, 1.54) is 17.4 Å². The van der Waals surface area contributed by atoms with Gasteiger partial charge in [0.25, 0.3) is 0 Å². The number of H-pyrrole nitrogens is 3. The average molecular weight is 1500 g/mol. The Morgan fingerprint density at radius 3 is 1.50 bits per heavy atom. The van der Waals surface area contributed by atoms with Crippen LogP contribution in [-0.4, -0.2) is 203 Å². The van der Waals surface area contributed by atoms with Crippen LogP contribution in [0.4, 0.5) is 44.1 Å². The first kappa shape index (κ1) is 66.9. The van der Waals surface area contributed by atoms with Gasteiger partial charge in [-0.3, -0.25) is 23.1 Å². The molecule has 1 atom stereocenters. The standard InChI is InChI=1S/C22H22Cl2N10O2.C21H20Cl2N10O.C20H17F2N9OS/c1-32-8-12(6-27-32)34-11-26-19-20(25-7-18-28-16-4-14(23)15(24)5-17(16)29-18)30-22(31-21(19)34)33-2-3-36-10-13(33)9-35;1-31-10-12(8-26-31)33-11-25-18-19(29-21(30-20(18)33)32-2-4-34-5-3-32)24-9-17-27-15-6-13(22)14(23)7-16(15)28-17;21-11-1-2-12-16(15(11)22)27-13(26-12)7-23-18-17-19(31(9-24-17)14-8-33-10-25-14)29-20(28-18)30-3-5-32-6-4-30/h4-6,8,11,13,35H,2-3,7,9-10H2,1H3,(H,28,29)(H,25,30,31);6-8,10-11H,2-5,9H2,1H3,(H,27,28)(H,24,29,30);1-2,8-10H,3-7H2,(H,26,27)(H,23,28,29)/t13-;;/m0../s1. The molecule has 15 heterocycles. The van der Waals surface area contributed by atoms with E-state index < -0.39 is 11.6 Å². The zero-order valence-corrected chi connectivity index (χ0v) is 58.3. The fourth-order valence-corrected chi connectivity index (χ4v) is 13.1.